The summed E-state index contributed by atoms with van der Waals surface area (Å²) >= 11 is 12.6. The number of halogens is 2. The molecule has 1 aromatic rings. The average Bonchev–Trinajstić information content (AvgIpc) is 2.72. The van der Waals surface area contributed by atoms with Crippen LogP contribution in [0.3, 0.4) is 0 Å². The molecule has 1 aromatic heterocycles. The number of sulfonamides is 1. The summed E-state index contributed by atoms with van der Waals surface area (Å²) in [6.45, 7) is 0.324. The van der Waals surface area contributed by atoms with E-state index in [1.54, 1.807) is 0 Å². The highest BCUT2D eigenvalue weighted by Crippen LogP contribution is 2.33. The molecule has 0 radical (unpaired) electrons. The first-order valence-corrected chi connectivity index (χ1v) is 9.55. The Morgan fingerprint density at radius 2 is 1.81 bits per heavy atom. The molecule has 1 rings (SSSR count). The molecule has 0 aliphatic carbocycles. The first kappa shape index (κ1) is 18.7. The number of thiophene rings is 1. The van der Waals surface area contributed by atoms with Crippen LogP contribution in [0.5, 0.6) is 0 Å². The molecule has 21 heavy (non-hydrogen) atoms. The summed E-state index contributed by atoms with van der Waals surface area (Å²) in [5.41, 5.74) is 0. The molecule has 2 N–H and O–H groups in total. The minimum Gasteiger partial charge on any atom is -0.481 e. The Kier molecular flexibility index (Phi) is 7.97. The lowest BCUT2D eigenvalue weighted by atomic mass is 10.1. The van der Waals surface area contributed by atoms with Gasteiger partial charge in [0.1, 0.15) is 9.23 Å². The number of hydrogen-bond donors (Lipinski definition) is 2. The van der Waals surface area contributed by atoms with Crippen LogP contribution in [0, 0.1) is 0 Å². The van der Waals surface area contributed by atoms with E-state index in [1.807, 2.05) is 0 Å². The fourth-order valence-corrected chi connectivity index (χ4v) is 4.95. The van der Waals surface area contributed by atoms with E-state index in [2.05, 4.69) is 4.72 Å². The Labute approximate surface area is 138 Å². The van der Waals surface area contributed by atoms with E-state index in [0.717, 1.165) is 30.6 Å². The number of carbonyl (C=O) groups is 1. The van der Waals surface area contributed by atoms with Gasteiger partial charge in [-0.25, -0.2) is 13.1 Å². The van der Waals surface area contributed by atoms with Crippen molar-refractivity contribution in [3.63, 3.8) is 0 Å². The minimum atomic E-state index is -3.61. The van der Waals surface area contributed by atoms with Crippen molar-refractivity contribution in [2.45, 2.75) is 43.4 Å². The number of carboxylic acid groups (broad SMARTS) is 1. The molecule has 1 heterocycles. The standard InChI is InChI=1S/C12H17Cl2NO4S2/c13-10-8-9(12(14)20-10)21(18,19)15-7-5-3-1-2-4-6-11(16)17/h8,15H,1-7H2,(H,16,17). The lowest BCUT2D eigenvalue weighted by Crippen LogP contribution is -2.24. The van der Waals surface area contributed by atoms with Gasteiger partial charge in [0, 0.05) is 13.0 Å². The van der Waals surface area contributed by atoms with Crippen molar-refractivity contribution in [3.8, 4) is 0 Å². The van der Waals surface area contributed by atoms with Gasteiger partial charge in [-0.1, -0.05) is 42.5 Å². The number of rotatable bonds is 10. The van der Waals surface area contributed by atoms with Gasteiger partial charge in [-0.15, -0.1) is 11.3 Å². The van der Waals surface area contributed by atoms with Crippen LogP contribution in [0.2, 0.25) is 8.67 Å². The van der Waals surface area contributed by atoms with Crippen molar-refractivity contribution in [2.24, 2.45) is 0 Å². The van der Waals surface area contributed by atoms with Crippen LogP contribution in [-0.4, -0.2) is 26.0 Å². The zero-order valence-electron chi connectivity index (χ0n) is 11.3. The smallest absolute Gasteiger partial charge is 0.303 e. The molecule has 0 aromatic carbocycles. The summed E-state index contributed by atoms with van der Waals surface area (Å²) in [7, 11) is -3.61. The van der Waals surface area contributed by atoms with E-state index in [4.69, 9.17) is 28.3 Å². The number of carboxylic acids is 1. The quantitative estimate of drug-likeness (QED) is 0.611. The molecule has 9 heteroatoms. The van der Waals surface area contributed by atoms with Gasteiger partial charge in [0.25, 0.3) is 0 Å². The van der Waals surface area contributed by atoms with Crippen molar-refractivity contribution in [2.75, 3.05) is 6.54 Å². The molecule has 0 atom stereocenters. The summed E-state index contributed by atoms with van der Waals surface area (Å²) in [5.74, 6) is -0.783. The predicted octanol–water partition coefficient (Wildman–Crippen LogP) is 3.76. The normalized spacial score (nSPS) is 11.7. The third-order valence-electron chi connectivity index (χ3n) is 2.77. The first-order valence-electron chi connectivity index (χ1n) is 6.49. The van der Waals surface area contributed by atoms with Crippen LogP contribution in [0.4, 0.5) is 0 Å². The summed E-state index contributed by atoms with van der Waals surface area (Å²) in [6.07, 6.45) is 4.11. The highest BCUT2D eigenvalue weighted by atomic mass is 35.5. The summed E-state index contributed by atoms with van der Waals surface area (Å²) in [5, 5.41) is 8.48. The lowest BCUT2D eigenvalue weighted by molar-refractivity contribution is -0.137. The van der Waals surface area contributed by atoms with Crippen LogP contribution >= 0.6 is 34.5 Å². The Hall–Kier alpha value is -0.340. The van der Waals surface area contributed by atoms with Crippen LogP contribution < -0.4 is 4.72 Å². The molecule has 0 fully saturated rings. The maximum Gasteiger partial charge on any atom is 0.303 e. The van der Waals surface area contributed by atoms with Gasteiger partial charge in [-0.2, -0.15) is 0 Å². The third-order valence-corrected chi connectivity index (χ3v) is 5.99. The van der Waals surface area contributed by atoms with Crippen LogP contribution in [0.1, 0.15) is 38.5 Å². The van der Waals surface area contributed by atoms with E-state index < -0.39 is 16.0 Å². The summed E-state index contributed by atoms with van der Waals surface area (Å²) in [4.78, 5) is 10.3. The van der Waals surface area contributed by atoms with Crippen LogP contribution in [0.25, 0.3) is 0 Å². The summed E-state index contributed by atoms with van der Waals surface area (Å²) in [6, 6.07) is 1.34. The van der Waals surface area contributed by atoms with Crippen LogP contribution in [0.15, 0.2) is 11.0 Å². The third kappa shape index (κ3) is 6.97. The monoisotopic (exact) mass is 373 g/mol. The molecular weight excluding hydrogens is 357 g/mol. The van der Waals surface area contributed by atoms with E-state index >= 15 is 0 Å². The minimum absolute atomic E-state index is 0.0145. The average molecular weight is 374 g/mol. The maximum absolute atomic E-state index is 12.0. The second kappa shape index (κ2) is 8.95. The Bertz CT molecular complexity index is 572. The van der Waals surface area contributed by atoms with Gasteiger partial charge < -0.3 is 5.11 Å². The molecule has 0 saturated heterocycles. The number of nitrogens with one attached hydrogen (secondary N) is 1. The Morgan fingerprint density at radius 3 is 2.38 bits per heavy atom. The number of aliphatic carboxylic acids is 1. The SMILES string of the molecule is O=C(O)CCCCCCCNS(=O)(=O)c1cc(Cl)sc1Cl. The number of hydrogen-bond acceptors (Lipinski definition) is 4. The van der Waals surface area contributed by atoms with Crippen molar-refractivity contribution in [1.82, 2.24) is 4.72 Å². The highest BCUT2D eigenvalue weighted by Gasteiger charge is 2.20. The van der Waals surface area contributed by atoms with Gasteiger partial charge in [0.2, 0.25) is 10.0 Å². The highest BCUT2D eigenvalue weighted by molar-refractivity contribution is 7.89. The first-order chi connectivity index (χ1) is 9.83. The maximum atomic E-state index is 12.0. The fourth-order valence-electron chi connectivity index (χ4n) is 1.72. The molecule has 0 bridgehead atoms. The molecule has 0 unspecified atom stereocenters. The predicted molar refractivity (Wildman–Crippen MR) is 84.9 cm³/mol. The molecule has 0 aliphatic rings. The molecular formula is C12H17Cl2NO4S2. The van der Waals surface area contributed by atoms with Gasteiger partial charge >= 0.3 is 5.97 Å². The molecule has 0 aliphatic heterocycles. The molecule has 0 spiro atoms. The van der Waals surface area contributed by atoms with Gasteiger partial charge in [-0.05, 0) is 18.9 Å². The number of unbranched alkanes of at least 4 members (excludes halogenated alkanes) is 4. The van der Waals surface area contributed by atoms with Crippen molar-refractivity contribution >= 4 is 50.5 Å². The second-order valence-corrected chi connectivity index (χ2v) is 8.52. The molecule has 0 saturated carbocycles. The Morgan fingerprint density at radius 1 is 1.19 bits per heavy atom. The lowest BCUT2D eigenvalue weighted by Gasteiger charge is -2.05. The zero-order valence-corrected chi connectivity index (χ0v) is 14.4. The molecule has 5 nitrogen and oxygen atoms in total. The van der Waals surface area contributed by atoms with Gasteiger partial charge in [-0.3, -0.25) is 4.79 Å². The summed E-state index contributed by atoms with van der Waals surface area (Å²) < 4.78 is 26.9. The van der Waals surface area contributed by atoms with E-state index in [1.165, 1.54) is 6.07 Å². The van der Waals surface area contributed by atoms with Crippen LogP contribution in [-0.2, 0) is 14.8 Å². The van der Waals surface area contributed by atoms with E-state index in [-0.39, 0.29) is 15.7 Å². The fraction of sp³-hybridized carbons (Fsp3) is 0.583. The zero-order chi connectivity index (χ0) is 15.9. The van der Waals surface area contributed by atoms with E-state index in [0.29, 0.717) is 23.7 Å². The largest absolute Gasteiger partial charge is 0.481 e. The molecule has 0 amide bonds. The topological polar surface area (TPSA) is 83.5 Å². The van der Waals surface area contributed by atoms with E-state index in [9.17, 15) is 13.2 Å². The van der Waals surface area contributed by atoms with Crippen molar-refractivity contribution in [1.29, 1.82) is 0 Å². The van der Waals surface area contributed by atoms with Gasteiger partial charge in [0.15, 0.2) is 0 Å². The Balaban J connectivity index is 2.23. The van der Waals surface area contributed by atoms with Gasteiger partial charge in [0.05, 0.1) is 4.34 Å². The van der Waals surface area contributed by atoms with Crippen molar-refractivity contribution < 1.29 is 18.3 Å². The molecule has 120 valence electrons. The second-order valence-electron chi connectivity index (χ2n) is 4.50. The van der Waals surface area contributed by atoms with Crippen molar-refractivity contribution in [3.05, 3.63) is 14.7 Å².